The molecular formula is C10H14N2. The first kappa shape index (κ1) is 8.81. The average Bonchev–Trinajstić information content (AvgIpc) is 2.07. The van der Waals surface area contributed by atoms with E-state index in [0.717, 1.165) is 16.8 Å². The Balaban J connectivity index is 2.89. The Labute approximate surface area is 72.9 Å². The molecule has 0 bridgehead atoms. The summed E-state index contributed by atoms with van der Waals surface area (Å²) in [6, 6.07) is 5.98. The van der Waals surface area contributed by atoms with Crippen molar-refractivity contribution in [2.24, 2.45) is 5.73 Å². The molecule has 0 amide bonds. The summed E-state index contributed by atoms with van der Waals surface area (Å²) in [7, 11) is 0. The third-order valence-electron chi connectivity index (χ3n) is 1.75. The van der Waals surface area contributed by atoms with Gasteiger partial charge in [0.05, 0.1) is 0 Å². The van der Waals surface area contributed by atoms with Crippen LogP contribution in [0.4, 0.5) is 5.69 Å². The molecule has 1 aromatic carbocycles. The first-order valence-electron chi connectivity index (χ1n) is 3.97. The largest absolute Gasteiger partial charge is 0.398 e. The molecule has 0 aliphatic carbocycles. The van der Waals surface area contributed by atoms with Gasteiger partial charge in [0, 0.05) is 12.2 Å². The first-order valence-corrected chi connectivity index (χ1v) is 3.97. The van der Waals surface area contributed by atoms with Crippen LogP contribution in [-0.4, -0.2) is 6.54 Å². The Bertz CT molecular complexity index is 290. The van der Waals surface area contributed by atoms with Crippen molar-refractivity contribution in [1.82, 2.24) is 0 Å². The second kappa shape index (κ2) is 3.93. The third-order valence-corrected chi connectivity index (χ3v) is 1.75. The van der Waals surface area contributed by atoms with Gasteiger partial charge in [-0.15, -0.1) is 0 Å². The van der Waals surface area contributed by atoms with Crippen molar-refractivity contribution in [2.75, 3.05) is 12.3 Å². The van der Waals surface area contributed by atoms with Crippen LogP contribution in [0.1, 0.15) is 11.1 Å². The molecule has 0 radical (unpaired) electrons. The predicted molar refractivity (Wildman–Crippen MR) is 53.7 cm³/mol. The topological polar surface area (TPSA) is 52.0 Å². The molecule has 0 fully saturated rings. The molecule has 12 heavy (non-hydrogen) atoms. The minimum absolute atomic E-state index is 0.563. The number of hydrogen-bond acceptors (Lipinski definition) is 2. The van der Waals surface area contributed by atoms with Crippen LogP contribution in [0.2, 0.25) is 0 Å². The number of anilines is 1. The number of rotatable bonds is 2. The average molecular weight is 162 g/mol. The van der Waals surface area contributed by atoms with E-state index in [0.29, 0.717) is 6.54 Å². The molecule has 0 saturated heterocycles. The Morgan fingerprint density at radius 1 is 1.42 bits per heavy atom. The van der Waals surface area contributed by atoms with Crippen molar-refractivity contribution in [1.29, 1.82) is 0 Å². The second-order valence-electron chi connectivity index (χ2n) is 2.75. The molecule has 0 aliphatic heterocycles. The molecule has 0 aromatic heterocycles. The number of benzene rings is 1. The molecule has 4 N–H and O–H groups in total. The van der Waals surface area contributed by atoms with Crippen LogP contribution in [0, 0.1) is 6.92 Å². The van der Waals surface area contributed by atoms with Gasteiger partial charge < -0.3 is 11.5 Å². The van der Waals surface area contributed by atoms with E-state index < -0.39 is 0 Å². The molecule has 64 valence electrons. The van der Waals surface area contributed by atoms with Crippen molar-refractivity contribution >= 4 is 11.8 Å². The van der Waals surface area contributed by atoms with Gasteiger partial charge in [-0.3, -0.25) is 0 Å². The molecule has 2 nitrogen and oxygen atoms in total. The van der Waals surface area contributed by atoms with Crippen molar-refractivity contribution in [3.8, 4) is 0 Å². The molecule has 0 saturated carbocycles. The highest BCUT2D eigenvalue weighted by Crippen LogP contribution is 2.13. The zero-order valence-corrected chi connectivity index (χ0v) is 7.25. The highest BCUT2D eigenvalue weighted by atomic mass is 14.5. The normalized spacial score (nSPS) is 10.8. The summed E-state index contributed by atoms with van der Waals surface area (Å²) in [5, 5.41) is 0. The van der Waals surface area contributed by atoms with Crippen LogP contribution in [0.15, 0.2) is 24.3 Å². The summed E-state index contributed by atoms with van der Waals surface area (Å²) in [5.74, 6) is 0. The Kier molecular flexibility index (Phi) is 2.88. The van der Waals surface area contributed by atoms with E-state index >= 15 is 0 Å². The number of nitrogen functional groups attached to an aromatic ring is 1. The number of aryl methyl sites for hydroxylation is 1. The highest BCUT2D eigenvalue weighted by Gasteiger charge is 1.92. The zero-order chi connectivity index (χ0) is 8.97. The van der Waals surface area contributed by atoms with Gasteiger partial charge in [0.1, 0.15) is 0 Å². The zero-order valence-electron chi connectivity index (χ0n) is 7.25. The van der Waals surface area contributed by atoms with Gasteiger partial charge >= 0.3 is 0 Å². The molecule has 0 spiro atoms. The van der Waals surface area contributed by atoms with Gasteiger partial charge in [-0.1, -0.05) is 24.3 Å². The lowest BCUT2D eigenvalue weighted by Gasteiger charge is -2.00. The van der Waals surface area contributed by atoms with E-state index in [2.05, 4.69) is 0 Å². The fourth-order valence-corrected chi connectivity index (χ4v) is 0.967. The molecule has 0 aliphatic rings. The van der Waals surface area contributed by atoms with Crippen LogP contribution < -0.4 is 11.5 Å². The van der Waals surface area contributed by atoms with Gasteiger partial charge in [-0.2, -0.15) is 0 Å². The lowest BCUT2D eigenvalue weighted by molar-refractivity contribution is 1.26. The molecule has 0 atom stereocenters. The fraction of sp³-hybridized carbons (Fsp3) is 0.200. The SMILES string of the molecule is Cc1ccc(/C=C/CN)cc1N. The summed E-state index contributed by atoms with van der Waals surface area (Å²) in [4.78, 5) is 0. The van der Waals surface area contributed by atoms with Crippen molar-refractivity contribution < 1.29 is 0 Å². The Morgan fingerprint density at radius 2 is 2.17 bits per heavy atom. The van der Waals surface area contributed by atoms with Crippen molar-refractivity contribution in [3.63, 3.8) is 0 Å². The monoisotopic (exact) mass is 162 g/mol. The number of nitrogens with two attached hydrogens (primary N) is 2. The minimum atomic E-state index is 0.563. The first-order chi connectivity index (χ1) is 5.74. The van der Waals surface area contributed by atoms with Gasteiger partial charge in [0.25, 0.3) is 0 Å². The van der Waals surface area contributed by atoms with Crippen molar-refractivity contribution in [2.45, 2.75) is 6.92 Å². The molecule has 1 rings (SSSR count). The smallest absolute Gasteiger partial charge is 0.0349 e. The lowest BCUT2D eigenvalue weighted by atomic mass is 10.1. The van der Waals surface area contributed by atoms with E-state index in [-0.39, 0.29) is 0 Å². The lowest BCUT2D eigenvalue weighted by Crippen LogP contribution is -1.93. The Hall–Kier alpha value is -1.28. The minimum Gasteiger partial charge on any atom is -0.398 e. The summed E-state index contributed by atoms with van der Waals surface area (Å²) >= 11 is 0. The van der Waals surface area contributed by atoms with Crippen molar-refractivity contribution in [3.05, 3.63) is 35.4 Å². The quantitative estimate of drug-likeness (QED) is 0.648. The standard InChI is InChI=1S/C10H14N2/c1-8-4-5-9(3-2-6-11)7-10(8)12/h2-5,7H,6,11-12H2,1H3/b3-2+. The van der Waals surface area contributed by atoms with Crippen LogP contribution >= 0.6 is 0 Å². The molecule has 0 unspecified atom stereocenters. The van der Waals surface area contributed by atoms with E-state index in [4.69, 9.17) is 11.5 Å². The van der Waals surface area contributed by atoms with E-state index in [9.17, 15) is 0 Å². The summed E-state index contributed by atoms with van der Waals surface area (Å²) < 4.78 is 0. The molecule has 1 aromatic rings. The fourth-order valence-electron chi connectivity index (χ4n) is 0.967. The molecule has 2 heteroatoms. The summed E-state index contributed by atoms with van der Waals surface area (Å²) in [5.41, 5.74) is 14.1. The van der Waals surface area contributed by atoms with Crippen LogP contribution in [0.25, 0.3) is 6.08 Å². The van der Waals surface area contributed by atoms with Gasteiger partial charge in [0.15, 0.2) is 0 Å². The van der Waals surface area contributed by atoms with Gasteiger partial charge in [-0.05, 0) is 24.1 Å². The molecular weight excluding hydrogens is 148 g/mol. The van der Waals surface area contributed by atoms with Crippen LogP contribution in [0.3, 0.4) is 0 Å². The summed E-state index contributed by atoms with van der Waals surface area (Å²) in [6.07, 6.45) is 3.87. The highest BCUT2D eigenvalue weighted by molar-refractivity contribution is 5.58. The van der Waals surface area contributed by atoms with Crippen LogP contribution in [0.5, 0.6) is 0 Å². The van der Waals surface area contributed by atoms with E-state index in [1.807, 2.05) is 37.3 Å². The van der Waals surface area contributed by atoms with Gasteiger partial charge in [-0.25, -0.2) is 0 Å². The third kappa shape index (κ3) is 2.10. The van der Waals surface area contributed by atoms with E-state index in [1.165, 1.54) is 0 Å². The maximum Gasteiger partial charge on any atom is 0.0349 e. The van der Waals surface area contributed by atoms with Crippen LogP contribution in [-0.2, 0) is 0 Å². The summed E-state index contributed by atoms with van der Waals surface area (Å²) in [6.45, 7) is 2.56. The number of hydrogen-bond donors (Lipinski definition) is 2. The Morgan fingerprint density at radius 3 is 2.75 bits per heavy atom. The second-order valence-corrected chi connectivity index (χ2v) is 2.75. The predicted octanol–water partition coefficient (Wildman–Crippen LogP) is 1.55. The van der Waals surface area contributed by atoms with E-state index in [1.54, 1.807) is 0 Å². The molecule has 0 heterocycles. The maximum absolute atomic E-state index is 5.73. The maximum atomic E-state index is 5.73. The van der Waals surface area contributed by atoms with Gasteiger partial charge in [0.2, 0.25) is 0 Å².